The van der Waals surface area contributed by atoms with Crippen LogP contribution in [0.1, 0.15) is 0 Å². The summed E-state index contributed by atoms with van der Waals surface area (Å²) < 4.78 is 4.79. The summed E-state index contributed by atoms with van der Waals surface area (Å²) in [7, 11) is 0. The van der Waals surface area contributed by atoms with Crippen molar-refractivity contribution in [3.63, 3.8) is 0 Å². The maximum atomic E-state index is 5.12. The summed E-state index contributed by atoms with van der Waals surface area (Å²) in [5, 5.41) is 4.93. The molecule has 0 bridgehead atoms. The maximum Gasteiger partial charge on any atom is 0.160 e. The van der Waals surface area contributed by atoms with Gasteiger partial charge in [-0.05, 0) is 89.0 Å². The predicted octanol–water partition coefficient (Wildman–Crippen LogP) is 15.0. The van der Waals surface area contributed by atoms with E-state index in [1.54, 1.807) is 0 Å². The van der Waals surface area contributed by atoms with E-state index in [9.17, 15) is 0 Å². The first-order chi connectivity index (χ1) is 30.7. The van der Waals surface area contributed by atoms with Crippen molar-refractivity contribution in [1.29, 1.82) is 0 Å². The Hall–Kier alpha value is -8.34. The number of benzene rings is 9. The smallest absolute Gasteiger partial charge is 0.160 e. The topological polar surface area (TPSA) is 35.6 Å². The molecule has 12 rings (SSSR count). The van der Waals surface area contributed by atoms with E-state index in [0.717, 1.165) is 50.6 Å². The van der Waals surface area contributed by atoms with Crippen molar-refractivity contribution in [3.8, 4) is 67.5 Å². The molecule has 0 radical (unpaired) electrons. The molecule has 0 aliphatic rings. The van der Waals surface area contributed by atoms with E-state index in [1.807, 2.05) is 24.3 Å². The molecule has 3 heterocycles. The lowest BCUT2D eigenvalue weighted by molar-refractivity contribution is 1.18. The summed E-state index contributed by atoms with van der Waals surface area (Å²) >= 11 is 0. The van der Waals surface area contributed by atoms with Gasteiger partial charge < -0.3 is 9.13 Å². The van der Waals surface area contributed by atoms with Crippen LogP contribution >= 0.6 is 0 Å². The summed E-state index contributed by atoms with van der Waals surface area (Å²) in [4.78, 5) is 10.1. The first-order valence-corrected chi connectivity index (χ1v) is 21.1. The van der Waals surface area contributed by atoms with E-state index in [-0.39, 0.29) is 0 Å². The fraction of sp³-hybridized carbons (Fsp3) is 0. The number of hydrogen-bond donors (Lipinski definition) is 0. The molecule has 9 aromatic carbocycles. The molecule has 290 valence electrons. The minimum absolute atomic E-state index is 0.710. The van der Waals surface area contributed by atoms with Crippen molar-refractivity contribution in [2.45, 2.75) is 0 Å². The molecular formula is C58H38N4. The molecule has 12 aromatic rings. The third-order valence-electron chi connectivity index (χ3n) is 12.1. The van der Waals surface area contributed by atoms with Crippen LogP contribution in [-0.2, 0) is 0 Å². The second kappa shape index (κ2) is 14.7. The Morgan fingerprint density at radius 1 is 0.242 bits per heavy atom. The predicted molar refractivity (Wildman–Crippen MR) is 258 cm³/mol. The summed E-state index contributed by atoms with van der Waals surface area (Å²) in [6.45, 7) is 0. The number of fused-ring (bicyclic) bond motifs is 6. The Morgan fingerprint density at radius 3 is 1.45 bits per heavy atom. The second-order valence-corrected chi connectivity index (χ2v) is 15.8. The van der Waals surface area contributed by atoms with Crippen molar-refractivity contribution >= 4 is 43.6 Å². The van der Waals surface area contributed by atoms with Crippen molar-refractivity contribution in [3.05, 3.63) is 231 Å². The van der Waals surface area contributed by atoms with Crippen LogP contribution in [0.5, 0.6) is 0 Å². The lowest BCUT2D eigenvalue weighted by Crippen LogP contribution is -1.96. The zero-order valence-electron chi connectivity index (χ0n) is 33.7. The van der Waals surface area contributed by atoms with Crippen molar-refractivity contribution in [2.24, 2.45) is 0 Å². The maximum absolute atomic E-state index is 5.12. The minimum atomic E-state index is 0.710. The highest BCUT2D eigenvalue weighted by Crippen LogP contribution is 2.39. The van der Waals surface area contributed by atoms with E-state index >= 15 is 0 Å². The molecule has 0 unspecified atom stereocenters. The Morgan fingerprint density at radius 2 is 0.710 bits per heavy atom. The van der Waals surface area contributed by atoms with Crippen LogP contribution in [0.2, 0.25) is 0 Å². The van der Waals surface area contributed by atoms with E-state index < -0.39 is 0 Å². The average molecular weight is 791 g/mol. The molecule has 62 heavy (non-hydrogen) atoms. The fourth-order valence-corrected chi connectivity index (χ4v) is 9.19. The van der Waals surface area contributed by atoms with Gasteiger partial charge in [0.25, 0.3) is 0 Å². The minimum Gasteiger partial charge on any atom is -0.309 e. The molecule has 0 saturated carbocycles. The number of hydrogen-bond acceptors (Lipinski definition) is 2. The van der Waals surface area contributed by atoms with Crippen LogP contribution in [0.25, 0.3) is 111 Å². The normalized spacial score (nSPS) is 11.5. The molecule has 3 aromatic heterocycles. The van der Waals surface area contributed by atoms with Gasteiger partial charge in [-0.25, -0.2) is 9.97 Å². The zero-order valence-corrected chi connectivity index (χ0v) is 33.7. The Balaban J connectivity index is 0.953. The van der Waals surface area contributed by atoms with E-state index in [1.165, 1.54) is 54.7 Å². The Labute approximate surface area is 359 Å². The number of rotatable bonds is 7. The molecule has 0 atom stereocenters. The van der Waals surface area contributed by atoms with E-state index in [4.69, 9.17) is 9.97 Å². The lowest BCUT2D eigenvalue weighted by atomic mass is 9.99. The second-order valence-electron chi connectivity index (χ2n) is 15.8. The first-order valence-electron chi connectivity index (χ1n) is 21.1. The third kappa shape index (κ3) is 6.08. The number of para-hydroxylation sites is 3. The first kappa shape index (κ1) is 35.6. The van der Waals surface area contributed by atoms with Crippen molar-refractivity contribution in [1.82, 2.24) is 19.1 Å². The van der Waals surface area contributed by atoms with Gasteiger partial charge in [0.05, 0.1) is 33.5 Å². The van der Waals surface area contributed by atoms with Gasteiger partial charge in [0.15, 0.2) is 5.82 Å². The molecular weight excluding hydrogens is 753 g/mol. The van der Waals surface area contributed by atoms with Gasteiger partial charge in [-0.15, -0.1) is 0 Å². The Kier molecular flexibility index (Phi) is 8.46. The van der Waals surface area contributed by atoms with Gasteiger partial charge in [-0.1, -0.05) is 164 Å². The molecule has 0 aliphatic carbocycles. The van der Waals surface area contributed by atoms with Crippen molar-refractivity contribution in [2.75, 3.05) is 0 Å². The van der Waals surface area contributed by atoms with Crippen LogP contribution in [0.15, 0.2) is 231 Å². The Bertz CT molecular complexity index is 3560. The monoisotopic (exact) mass is 790 g/mol. The van der Waals surface area contributed by atoms with E-state index in [0.29, 0.717) is 5.82 Å². The molecule has 0 aliphatic heterocycles. The van der Waals surface area contributed by atoms with Crippen LogP contribution in [0.4, 0.5) is 0 Å². The van der Waals surface area contributed by atoms with Crippen LogP contribution in [-0.4, -0.2) is 19.1 Å². The molecule has 0 N–H and O–H groups in total. The van der Waals surface area contributed by atoms with E-state index in [2.05, 4.69) is 215 Å². The molecule has 4 heteroatoms. The fourth-order valence-electron chi connectivity index (χ4n) is 9.19. The lowest BCUT2D eigenvalue weighted by Gasteiger charge is -2.12. The summed E-state index contributed by atoms with van der Waals surface area (Å²) in [5.41, 5.74) is 16.5. The third-order valence-corrected chi connectivity index (χ3v) is 12.1. The SMILES string of the molecule is c1ccc(-c2cc(-c3cccc(-c4ccc5c(c4)c4ccccc4n5-c4cccc(-c5ccc6c7ccccc7n(-c7ccccc7)c6c5)c4)c3)nc(-c3ccccc3)n2)cc1. The molecule has 0 amide bonds. The number of aromatic nitrogens is 4. The van der Waals surface area contributed by atoms with Gasteiger partial charge in [0.1, 0.15) is 0 Å². The highest BCUT2D eigenvalue weighted by molar-refractivity contribution is 6.11. The van der Waals surface area contributed by atoms with Gasteiger partial charge in [-0.3, -0.25) is 0 Å². The van der Waals surface area contributed by atoms with Crippen LogP contribution in [0.3, 0.4) is 0 Å². The highest BCUT2D eigenvalue weighted by atomic mass is 15.0. The highest BCUT2D eigenvalue weighted by Gasteiger charge is 2.17. The standard InChI is InChI=1S/C58H38N4/c1-4-16-39(17-5-1)52-38-53(60-58(59-52)40-18-6-2-7-19-40)45-22-14-20-41(34-45)43-31-33-56-51(36-43)49-27-11-13-29-55(49)62(56)47-25-15-21-42(35-47)44-30-32-50-48-26-10-12-28-54(48)61(57(50)37-44)46-23-8-3-9-24-46/h1-38H. The zero-order chi connectivity index (χ0) is 41.0. The van der Waals surface area contributed by atoms with Gasteiger partial charge in [0.2, 0.25) is 0 Å². The molecule has 0 spiro atoms. The van der Waals surface area contributed by atoms with Crippen LogP contribution in [0, 0.1) is 0 Å². The van der Waals surface area contributed by atoms with Crippen LogP contribution < -0.4 is 0 Å². The quantitative estimate of drug-likeness (QED) is 0.161. The van der Waals surface area contributed by atoms with Crippen molar-refractivity contribution < 1.29 is 0 Å². The summed E-state index contributed by atoms with van der Waals surface area (Å²) in [6, 6.07) is 82.2. The number of nitrogens with zero attached hydrogens (tertiary/aromatic N) is 4. The summed E-state index contributed by atoms with van der Waals surface area (Å²) in [6.07, 6.45) is 0. The molecule has 0 saturated heterocycles. The largest absolute Gasteiger partial charge is 0.309 e. The van der Waals surface area contributed by atoms with Gasteiger partial charge >= 0.3 is 0 Å². The average Bonchev–Trinajstić information content (AvgIpc) is 3.87. The molecule has 4 nitrogen and oxygen atoms in total. The molecule has 0 fully saturated rings. The van der Waals surface area contributed by atoms with Gasteiger partial charge in [0, 0.05) is 49.6 Å². The summed E-state index contributed by atoms with van der Waals surface area (Å²) in [5.74, 6) is 0.710. The van der Waals surface area contributed by atoms with Gasteiger partial charge in [-0.2, -0.15) is 0 Å².